The van der Waals surface area contributed by atoms with Crippen LogP contribution in [0.4, 0.5) is 0 Å². The molecule has 20 heavy (non-hydrogen) atoms. The topological polar surface area (TPSA) is 26.0 Å². The first kappa shape index (κ1) is 42.9. The molecular weight excluding hydrogens is 242 g/mol. The van der Waals surface area contributed by atoms with Crippen LogP contribution in [0.2, 0.25) is 0 Å². The molecule has 1 unspecified atom stereocenters. The van der Waals surface area contributed by atoms with Crippen LogP contribution >= 0.6 is 0 Å². The summed E-state index contributed by atoms with van der Waals surface area (Å²) >= 11 is 0. The minimum atomic E-state index is 0.404. The summed E-state index contributed by atoms with van der Waals surface area (Å²) in [4.78, 5) is 0. The third-order valence-corrected chi connectivity index (χ3v) is 1.26. The van der Waals surface area contributed by atoms with Crippen molar-refractivity contribution < 1.29 is 0 Å². The monoisotopic (exact) mass is 283 g/mol. The molecule has 0 radical (unpaired) electrons. The molecule has 2 N–H and O–H groups in total. The normalized spacial score (nSPS) is 6.75. The summed E-state index contributed by atoms with van der Waals surface area (Å²) in [6, 6.07) is 0.404. The first-order valence-corrected chi connectivity index (χ1v) is 6.53. The van der Waals surface area contributed by atoms with Gasteiger partial charge in [-0.1, -0.05) is 26.2 Å². The molecular formula is C19H41N. The van der Waals surface area contributed by atoms with Gasteiger partial charge >= 0.3 is 0 Å². The Kier molecular flexibility index (Phi) is 344. The SMILES string of the molecule is C=C.C=C.C=C.C=C.C=C.C=C.CCCCCC(C)N. The Hall–Kier alpha value is -1.60. The molecule has 0 aromatic carbocycles. The molecule has 0 heterocycles. The molecule has 0 aliphatic heterocycles. The minimum absolute atomic E-state index is 0.404. The Morgan fingerprint density at radius 2 is 0.900 bits per heavy atom. The molecule has 0 rings (SSSR count). The van der Waals surface area contributed by atoms with Crippen LogP contribution in [-0.2, 0) is 0 Å². The number of nitrogens with two attached hydrogens (primary N) is 1. The maximum atomic E-state index is 5.53. The molecule has 122 valence electrons. The summed E-state index contributed by atoms with van der Waals surface area (Å²) in [5.74, 6) is 0. The van der Waals surface area contributed by atoms with Crippen LogP contribution in [0.5, 0.6) is 0 Å². The van der Waals surface area contributed by atoms with Crippen LogP contribution in [0.3, 0.4) is 0 Å². The van der Waals surface area contributed by atoms with Gasteiger partial charge in [-0.15, -0.1) is 78.9 Å². The van der Waals surface area contributed by atoms with E-state index in [2.05, 4.69) is 92.8 Å². The molecule has 0 bridgehead atoms. The largest absolute Gasteiger partial charge is 0.328 e. The lowest BCUT2D eigenvalue weighted by atomic mass is 10.1. The molecule has 0 fully saturated rings. The van der Waals surface area contributed by atoms with Crippen LogP contribution < -0.4 is 5.73 Å². The molecule has 1 atom stereocenters. The molecule has 0 aromatic rings. The molecule has 0 aliphatic carbocycles. The van der Waals surface area contributed by atoms with Gasteiger partial charge in [0.05, 0.1) is 0 Å². The average molecular weight is 284 g/mol. The first-order chi connectivity index (χ1) is 9.77. The summed E-state index contributed by atoms with van der Waals surface area (Å²) < 4.78 is 0. The highest BCUT2D eigenvalue weighted by Crippen LogP contribution is 1.99. The molecule has 0 amide bonds. The van der Waals surface area contributed by atoms with E-state index in [4.69, 9.17) is 5.73 Å². The van der Waals surface area contributed by atoms with Crippen LogP contribution in [0.25, 0.3) is 0 Å². The minimum Gasteiger partial charge on any atom is -0.328 e. The van der Waals surface area contributed by atoms with Gasteiger partial charge in [0, 0.05) is 6.04 Å². The van der Waals surface area contributed by atoms with Gasteiger partial charge < -0.3 is 5.73 Å². The Morgan fingerprint density at radius 3 is 1.05 bits per heavy atom. The van der Waals surface area contributed by atoms with Crippen LogP contribution in [0.1, 0.15) is 39.5 Å². The van der Waals surface area contributed by atoms with E-state index in [-0.39, 0.29) is 0 Å². The number of unbranched alkanes of at least 4 members (excludes halogenated alkanes) is 2. The molecule has 0 aromatic heterocycles. The molecule has 0 saturated heterocycles. The van der Waals surface area contributed by atoms with Crippen molar-refractivity contribution in [3.8, 4) is 0 Å². The van der Waals surface area contributed by atoms with E-state index in [1.165, 1.54) is 25.7 Å². The summed E-state index contributed by atoms with van der Waals surface area (Å²) in [5, 5.41) is 0. The van der Waals surface area contributed by atoms with Gasteiger partial charge in [-0.05, 0) is 13.3 Å². The highest BCUT2D eigenvalue weighted by molar-refractivity contribution is 4.51. The smallest absolute Gasteiger partial charge is 0.00104 e. The van der Waals surface area contributed by atoms with Gasteiger partial charge in [0.2, 0.25) is 0 Å². The van der Waals surface area contributed by atoms with Crippen LogP contribution in [0, 0.1) is 0 Å². The van der Waals surface area contributed by atoms with Crippen molar-refractivity contribution in [1.82, 2.24) is 0 Å². The maximum absolute atomic E-state index is 5.53. The van der Waals surface area contributed by atoms with Crippen molar-refractivity contribution in [3.63, 3.8) is 0 Å². The summed E-state index contributed by atoms with van der Waals surface area (Å²) in [5.41, 5.74) is 5.53. The van der Waals surface area contributed by atoms with Crippen molar-refractivity contribution in [2.24, 2.45) is 5.73 Å². The fraction of sp³-hybridized carbons (Fsp3) is 0.368. The van der Waals surface area contributed by atoms with Gasteiger partial charge in [-0.2, -0.15) is 0 Å². The predicted octanol–water partition coefficient (Wildman–Crippen LogP) is 6.73. The van der Waals surface area contributed by atoms with E-state index >= 15 is 0 Å². The van der Waals surface area contributed by atoms with E-state index in [9.17, 15) is 0 Å². The van der Waals surface area contributed by atoms with Crippen molar-refractivity contribution in [2.75, 3.05) is 0 Å². The number of rotatable bonds is 4. The molecule has 1 heteroatoms. The quantitative estimate of drug-likeness (QED) is 0.449. The third-order valence-electron chi connectivity index (χ3n) is 1.26. The van der Waals surface area contributed by atoms with Crippen molar-refractivity contribution >= 4 is 0 Å². The van der Waals surface area contributed by atoms with Crippen molar-refractivity contribution in [2.45, 2.75) is 45.6 Å². The Morgan fingerprint density at radius 1 is 0.650 bits per heavy atom. The highest BCUT2D eigenvalue weighted by atomic mass is 14.6. The maximum Gasteiger partial charge on any atom is 0.00104 e. The lowest BCUT2D eigenvalue weighted by Gasteiger charge is -2.01. The average Bonchev–Trinajstić information content (AvgIpc) is 2.59. The fourth-order valence-corrected chi connectivity index (χ4v) is 0.716. The third kappa shape index (κ3) is 336. The van der Waals surface area contributed by atoms with Crippen molar-refractivity contribution in [3.05, 3.63) is 78.9 Å². The zero-order valence-corrected chi connectivity index (χ0v) is 14.5. The molecule has 0 spiro atoms. The Balaban J connectivity index is -0.0000000238. The lowest BCUT2D eigenvalue weighted by Crippen LogP contribution is -2.13. The Labute approximate surface area is 131 Å². The molecule has 0 saturated carbocycles. The molecule has 0 aliphatic rings. The highest BCUT2D eigenvalue weighted by Gasteiger charge is 1.90. The zero-order valence-electron chi connectivity index (χ0n) is 14.5. The second-order valence-electron chi connectivity index (χ2n) is 2.47. The van der Waals surface area contributed by atoms with Gasteiger partial charge in [0.25, 0.3) is 0 Å². The van der Waals surface area contributed by atoms with E-state index in [1.807, 2.05) is 0 Å². The number of hydrogen-bond donors (Lipinski definition) is 1. The van der Waals surface area contributed by atoms with Gasteiger partial charge in [0.1, 0.15) is 0 Å². The Bertz CT molecular complexity index is 84.4. The van der Waals surface area contributed by atoms with E-state index in [1.54, 1.807) is 0 Å². The van der Waals surface area contributed by atoms with Crippen molar-refractivity contribution in [1.29, 1.82) is 0 Å². The summed E-state index contributed by atoms with van der Waals surface area (Å²) in [6.45, 7) is 40.3. The second-order valence-corrected chi connectivity index (χ2v) is 2.47. The summed E-state index contributed by atoms with van der Waals surface area (Å²) in [6.07, 6.45) is 5.12. The summed E-state index contributed by atoms with van der Waals surface area (Å²) in [7, 11) is 0. The van der Waals surface area contributed by atoms with E-state index < -0.39 is 0 Å². The van der Waals surface area contributed by atoms with E-state index in [0.29, 0.717) is 6.04 Å². The second kappa shape index (κ2) is 160. The van der Waals surface area contributed by atoms with E-state index in [0.717, 1.165) is 0 Å². The van der Waals surface area contributed by atoms with Crippen LogP contribution in [0.15, 0.2) is 78.9 Å². The van der Waals surface area contributed by atoms with Gasteiger partial charge in [0.15, 0.2) is 0 Å². The van der Waals surface area contributed by atoms with Gasteiger partial charge in [-0.25, -0.2) is 0 Å². The zero-order chi connectivity index (χ0) is 18.4. The first-order valence-electron chi connectivity index (χ1n) is 6.53. The predicted molar refractivity (Wildman–Crippen MR) is 105 cm³/mol. The standard InChI is InChI=1S/C7H17N.6C2H4/c1-3-4-5-6-7(2)8;6*1-2/h7H,3-6,8H2,1-2H3;6*1-2H2. The number of hydrogen-bond acceptors (Lipinski definition) is 1. The van der Waals surface area contributed by atoms with Crippen LogP contribution in [-0.4, -0.2) is 6.04 Å². The van der Waals surface area contributed by atoms with Gasteiger partial charge in [-0.3, -0.25) is 0 Å². The molecule has 1 nitrogen and oxygen atoms in total. The lowest BCUT2D eigenvalue weighted by molar-refractivity contribution is 0.592. The fourth-order valence-electron chi connectivity index (χ4n) is 0.716.